The van der Waals surface area contributed by atoms with E-state index in [-0.39, 0.29) is 29.4 Å². The molecule has 154 valence electrons. The smallest absolute Gasteiger partial charge is 0.316 e. The summed E-state index contributed by atoms with van der Waals surface area (Å²) in [7, 11) is 1.78. The van der Waals surface area contributed by atoms with Gasteiger partial charge < -0.3 is 15.0 Å². The maximum Gasteiger partial charge on any atom is 0.316 e. The molecule has 0 aliphatic heterocycles. The summed E-state index contributed by atoms with van der Waals surface area (Å²) in [4.78, 5) is 38.0. The van der Waals surface area contributed by atoms with Crippen LogP contribution in [0.25, 0.3) is 0 Å². The molecule has 1 N–H and O–H groups in total. The number of ether oxygens (including phenoxy) is 1. The van der Waals surface area contributed by atoms with Crippen molar-refractivity contribution in [1.29, 1.82) is 0 Å². The Labute approximate surface area is 175 Å². The van der Waals surface area contributed by atoms with Crippen molar-refractivity contribution in [2.24, 2.45) is 0 Å². The third-order valence-electron chi connectivity index (χ3n) is 4.71. The van der Waals surface area contributed by atoms with Crippen LogP contribution in [0.15, 0.2) is 24.3 Å². The van der Waals surface area contributed by atoms with Gasteiger partial charge in [-0.15, -0.1) is 11.8 Å². The zero-order valence-electron chi connectivity index (χ0n) is 16.3. The van der Waals surface area contributed by atoms with Gasteiger partial charge in [0.1, 0.15) is 0 Å². The lowest BCUT2D eigenvalue weighted by atomic mass is 9.94. The second kappa shape index (κ2) is 11.3. The number of hydrogen-bond acceptors (Lipinski definition) is 5. The molecular weight excluding hydrogens is 400 g/mol. The Morgan fingerprint density at radius 2 is 1.82 bits per heavy atom. The van der Waals surface area contributed by atoms with Gasteiger partial charge in [-0.1, -0.05) is 30.9 Å². The molecule has 2 amide bonds. The van der Waals surface area contributed by atoms with Crippen molar-refractivity contribution in [3.8, 4) is 0 Å². The van der Waals surface area contributed by atoms with Crippen LogP contribution in [0.3, 0.4) is 0 Å². The third-order valence-corrected chi connectivity index (χ3v) is 5.87. The number of nitrogens with zero attached hydrogens (tertiary/aromatic N) is 1. The molecule has 1 aromatic carbocycles. The third kappa shape index (κ3) is 7.36. The number of benzene rings is 1. The second-order valence-corrected chi connectivity index (χ2v) is 8.34. The Morgan fingerprint density at radius 1 is 1.18 bits per heavy atom. The van der Waals surface area contributed by atoms with Crippen molar-refractivity contribution in [3.63, 3.8) is 0 Å². The molecule has 2 rings (SSSR count). The molecule has 1 aromatic rings. The van der Waals surface area contributed by atoms with Crippen LogP contribution in [0.2, 0.25) is 5.02 Å². The first-order chi connectivity index (χ1) is 13.4. The van der Waals surface area contributed by atoms with Gasteiger partial charge in [-0.25, -0.2) is 0 Å². The minimum absolute atomic E-state index is 0.0127. The maximum atomic E-state index is 12.5. The predicted molar refractivity (Wildman–Crippen MR) is 113 cm³/mol. The standard InChI is InChI=1S/C20H27ClN2O4S/c1-14(20(26)23(2)17-6-4-3-5-7-17)27-19(25)13-28-12-18(24)22-16-10-8-15(21)9-11-16/h8-11,14,17H,3-7,12-13H2,1-2H3,(H,22,24)/t14-/m0/s1. The highest BCUT2D eigenvalue weighted by Gasteiger charge is 2.27. The number of thioether (sulfide) groups is 1. The molecule has 0 spiro atoms. The molecule has 0 unspecified atom stereocenters. The Kier molecular flexibility index (Phi) is 9.12. The average Bonchev–Trinajstić information content (AvgIpc) is 2.69. The molecule has 0 heterocycles. The molecule has 1 aliphatic rings. The van der Waals surface area contributed by atoms with Crippen molar-refractivity contribution in [2.75, 3.05) is 23.9 Å². The van der Waals surface area contributed by atoms with Crippen LogP contribution < -0.4 is 5.32 Å². The van der Waals surface area contributed by atoms with E-state index in [1.165, 1.54) is 6.42 Å². The van der Waals surface area contributed by atoms with E-state index in [4.69, 9.17) is 16.3 Å². The van der Waals surface area contributed by atoms with E-state index in [0.717, 1.165) is 37.4 Å². The van der Waals surface area contributed by atoms with Gasteiger partial charge in [-0.3, -0.25) is 14.4 Å². The Hall–Kier alpha value is -1.73. The number of carbonyl (C=O) groups is 3. The maximum absolute atomic E-state index is 12.5. The molecule has 6 nitrogen and oxygen atoms in total. The lowest BCUT2D eigenvalue weighted by molar-refractivity contribution is -0.157. The van der Waals surface area contributed by atoms with Gasteiger partial charge in [-0.2, -0.15) is 0 Å². The summed E-state index contributed by atoms with van der Waals surface area (Å²) in [5.41, 5.74) is 0.641. The SMILES string of the molecule is C[C@H](OC(=O)CSCC(=O)Nc1ccc(Cl)cc1)C(=O)N(C)C1CCCCC1. The summed E-state index contributed by atoms with van der Waals surface area (Å²) in [5, 5.41) is 3.31. The van der Waals surface area contributed by atoms with Gasteiger partial charge in [0.25, 0.3) is 5.91 Å². The first-order valence-corrected chi connectivity index (χ1v) is 11.0. The monoisotopic (exact) mass is 426 g/mol. The summed E-state index contributed by atoms with van der Waals surface area (Å²) in [5.74, 6) is -0.768. The summed E-state index contributed by atoms with van der Waals surface area (Å²) in [6, 6.07) is 7.01. The fraction of sp³-hybridized carbons (Fsp3) is 0.550. The molecule has 0 radical (unpaired) electrons. The van der Waals surface area contributed by atoms with Crippen molar-refractivity contribution >= 4 is 46.8 Å². The van der Waals surface area contributed by atoms with E-state index in [2.05, 4.69) is 5.32 Å². The number of esters is 1. The topological polar surface area (TPSA) is 75.7 Å². The van der Waals surface area contributed by atoms with Crippen LogP contribution in [0.5, 0.6) is 0 Å². The highest BCUT2D eigenvalue weighted by Crippen LogP contribution is 2.22. The Balaban J connectivity index is 1.67. The molecule has 8 heteroatoms. The van der Waals surface area contributed by atoms with Crippen molar-refractivity contribution in [3.05, 3.63) is 29.3 Å². The number of likely N-dealkylation sites (N-methyl/N-ethyl adjacent to an activating group) is 1. The Morgan fingerprint density at radius 3 is 2.46 bits per heavy atom. The molecule has 28 heavy (non-hydrogen) atoms. The second-order valence-electron chi connectivity index (χ2n) is 6.92. The molecule has 1 saturated carbocycles. The van der Waals surface area contributed by atoms with E-state index in [1.54, 1.807) is 43.1 Å². The average molecular weight is 427 g/mol. The zero-order chi connectivity index (χ0) is 20.5. The minimum Gasteiger partial charge on any atom is -0.452 e. The van der Waals surface area contributed by atoms with Gasteiger partial charge in [-0.05, 0) is 44.0 Å². The van der Waals surface area contributed by atoms with Crippen LogP contribution in [0, 0.1) is 0 Å². The summed E-state index contributed by atoms with van der Waals surface area (Å²) in [6.45, 7) is 1.59. The number of carbonyl (C=O) groups excluding carboxylic acids is 3. The molecule has 1 fully saturated rings. The number of rotatable bonds is 8. The Bertz CT molecular complexity index is 677. The van der Waals surface area contributed by atoms with Crippen LogP contribution in [-0.4, -0.2) is 53.4 Å². The number of anilines is 1. The highest BCUT2D eigenvalue weighted by molar-refractivity contribution is 8.00. The van der Waals surface area contributed by atoms with Gasteiger partial charge in [0.2, 0.25) is 5.91 Å². The summed E-state index contributed by atoms with van der Waals surface area (Å²) in [6.07, 6.45) is 4.66. The fourth-order valence-electron chi connectivity index (χ4n) is 3.17. The normalized spacial score (nSPS) is 15.5. The van der Waals surface area contributed by atoms with Crippen molar-refractivity contribution in [1.82, 2.24) is 4.90 Å². The number of nitrogens with one attached hydrogen (secondary N) is 1. The van der Waals surface area contributed by atoms with E-state index in [1.807, 2.05) is 0 Å². The fourth-order valence-corrected chi connectivity index (χ4v) is 3.89. The number of halogens is 1. The lowest BCUT2D eigenvalue weighted by Crippen LogP contribution is -2.44. The van der Waals surface area contributed by atoms with E-state index in [9.17, 15) is 14.4 Å². The van der Waals surface area contributed by atoms with E-state index in [0.29, 0.717) is 10.7 Å². The summed E-state index contributed by atoms with van der Waals surface area (Å²) >= 11 is 6.94. The molecular formula is C20H27ClN2O4S. The quantitative estimate of drug-likeness (QED) is 0.641. The van der Waals surface area contributed by atoms with Gasteiger partial charge in [0, 0.05) is 23.8 Å². The zero-order valence-corrected chi connectivity index (χ0v) is 17.9. The van der Waals surface area contributed by atoms with Crippen LogP contribution in [0.1, 0.15) is 39.0 Å². The summed E-state index contributed by atoms with van der Waals surface area (Å²) < 4.78 is 5.24. The van der Waals surface area contributed by atoms with Gasteiger partial charge in [0.05, 0.1) is 11.5 Å². The largest absolute Gasteiger partial charge is 0.452 e. The van der Waals surface area contributed by atoms with E-state index >= 15 is 0 Å². The van der Waals surface area contributed by atoms with Crippen LogP contribution >= 0.6 is 23.4 Å². The first-order valence-electron chi connectivity index (χ1n) is 9.46. The van der Waals surface area contributed by atoms with Gasteiger partial charge in [0.15, 0.2) is 6.10 Å². The molecule has 0 saturated heterocycles. The highest BCUT2D eigenvalue weighted by atomic mass is 35.5. The lowest BCUT2D eigenvalue weighted by Gasteiger charge is -2.32. The number of hydrogen-bond donors (Lipinski definition) is 1. The molecule has 1 aliphatic carbocycles. The van der Waals surface area contributed by atoms with Crippen LogP contribution in [0.4, 0.5) is 5.69 Å². The molecule has 1 atom stereocenters. The van der Waals surface area contributed by atoms with Crippen LogP contribution in [-0.2, 0) is 19.1 Å². The first kappa shape index (κ1) is 22.6. The molecule has 0 aromatic heterocycles. The molecule has 0 bridgehead atoms. The predicted octanol–water partition coefficient (Wildman–Crippen LogP) is 3.73. The van der Waals surface area contributed by atoms with Crippen molar-refractivity contribution in [2.45, 2.75) is 51.2 Å². The minimum atomic E-state index is -0.817. The van der Waals surface area contributed by atoms with Gasteiger partial charge >= 0.3 is 5.97 Å². The number of amides is 2. The van der Waals surface area contributed by atoms with E-state index < -0.39 is 12.1 Å². The van der Waals surface area contributed by atoms with Crippen molar-refractivity contribution < 1.29 is 19.1 Å².